The summed E-state index contributed by atoms with van der Waals surface area (Å²) in [6.07, 6.45) is 0.677. The van der Waals surface area contributed by atoms with Crippen LogP contribution in [-0.4, -0.2) is 53.8 Å². The highest BCUT2D eigenvalue weighted by molar-refractivity contribution is 7.20. The zero-order chi connectivity index (χ0) is 22.2. The predicted octanol–water partition coefficient (Wildman–Crippen LogP) is 3.46. The lowest BCUT2D eigenvalue weighted by molar-refractivity contribution is -0.138. The number of amides is 2. The molecule has 6 nitrogen and oxygen atoms in total. The van der Waals surface area contributed by atoms with Crippen molar-refractivity contribution in [3.8, 4) is 0 Å². The lowest BCUT2D eigenvalue weighted by Crippen LogP contribution is -2.53. The van der Waals surface area contributed by atoms with Crippen LogP contribution >= 0.6 is 22.9 Å². The fourth-order valence-electron chi connectivity index (χ4n) is 4.42. The molecule has 0 bridgehead atoms. The van der Waals surface area contributed by atoms with Crippen LogP contribution in [0.25, 0.3) is 10.1 Å². The number of thiophene rings is 1. The largest absolute Gasteiger partial charge is 0.368 e. The van der Waals surface area contributed by atoms with Gasteiger partial charge in [0.25, 0.3) is 5.91 Å². The molecule has 0 spiro atoms. The van der Waals surface area contributed by atoms with Gasteiger partial charge in [0.15, 0.2) is 5.78 Å². The first-order valence-electron chi connectivity index (χ1n) is 10.5. The van der Waals surface area contributed by atoms with Gasteiger partial charge >= 0.3 is 0 Å². The number of ketones is 1. The van der Waals surface area contributed by atoms with Crippen molar-refractivity contribution in [3.05, 3.63) is 70.1 Å². The van der Waals surface area contributed by atoms with E-state index in [9.17, 15) is 14.4 Å². The Hall–Kier alpha value is -2.74. The van der Waals surface area contributed by atoms with Gasteiger partial charge in [0, 0.05) is 22.7 Å². The van der Waals surface area contributed by atoms with Crippen molar-refractivity contribution in [1.29, 1.82) is 0 Å². The number of nitrogens with one attached hydrogen (secondary N) is 1. The molecule has 2 amide bonds. The third kappa shape index (κ3) is 4.03. The number of hydrogen-bond acceptors (Lipinski definition) is 5. The molecule has 2 fully saturated rings. The number of benzene rings is 2. The molecule has 2 aromatic carbocycles. The second-order valence-electron chi connectivity index (χ2n) is 8.09. The Balaban J connectivity index is 1.41. The maximum absolute atomic E-state index is 13.5. The van der Waals surface area contributed by atoms with Crippen molar-refractivity contribution in [3.63, 3.8) is 0 Å². The SMILES string of the molecule is O=C(NC(Cc1ccc(Cl)cc1)C(=O)N1CCC2OCC(=O)C21)c1cc2ccccc2s1. The fourth-order valence-corrected chi connectivity index (χ4v) is 5.51. The fraction of sp³-hybridized carbons (Fsp3) is 0.292. The summed E-state index contributed by atoms with van der Waals surface area (Å²) in [6.45, 7) is 0.477. The van der Waals surface area contributed by atoms with Crippen LogP contribution in [0.4, 0.5) is 0 Å². The molecule has 2 saturated heterocycles. The highest BCUT2D eigenvalue weighted by Gasteiger charge is 2.48. The molecule has 164 valence electrons. The van der Waals surface area contributed by atoms with Gasteiger partial charge in [-0.15, -0.1) is 11.3 Å². The first-order chi connectivity index (χ1) is 15.5. The highest BCUT2D eigenvalue weighted by atomic mass is 35.5. The Morgan fingerprint density at radius 1 is 1.19 bits per heavy atom. The van der Waals surface area contributed by atoms with E-state index in [4.69, 9.17) is 16.3 Å². The molecule has 2 aliphatic rings. The molecular formula is C24H21ClN2O4S. The summed E-state index contributed by atoms with van der Waals surface area (Å²) in [6, 6.07) is 15.4. The van der Waals surface area contributed by atoms with E-state index < -0.39 is 12.1 Å². The van der Waals surface area contributed by atoms with Gasteiger partial charge in [-0.05, 0) is 41.6 Å². The van der Waals surface area contributed by atoms with Gasteiger partial charge in [-0.2, -0.15) is 0 Å². The average molecular weight is 469 g/mol. The standard InChI is InChI=1S/C24H21ClN2O4S/c25-16-7-5-14(6-8-16)11-17(24(30)27-10-9-19-22(27)18(28)13-31-19)26-23(29)21-12-15-3-1-2-4-20(15)32-21/h1-8,12,17,19,22H,9-11,13H2,(H,26,29). The Labute approximate surface area is 194 Å². The molecule has 32 heavy (non-hydrogen) atoms. The number of fused-ring (bicyclic) bond motifs is 2. The smallest absolute Gasteiger partial charge is 0.262 e. The van der Waals surface area contributed by atoms with Gasteiger partial charge in [-0.25, -0.2) is 0 Å². The van der Waals surface area contributed by atoms with Crippen LogP contribution in [0, 0.1) is 0 Å². The molecule has 1 aromatic heterocycles. The molecule has 2 aliphatic heterocycles. The lowest BCUT2D eigenvalue weighted by atomic mass is 10.0. The molecule has 8 heteroatoms. The van der Waals surface area contributed by atoms with Crippen molar-refractivity contribution >= 4 is 50.6 Å². The number of ether oxygens (including phenoxy) is 1. The van der Waals surface area contributed by atoms with E-state index in [2.05, 4.69) is 5.32 Å². The minimum absolute atomic E-state index is 0.0368. The number of carbonyl (C=O) groups excluding carboxylic acids is 3. The number of carbonyl (C=O) groups is 3. The van der Waals surface area contributed by atoms with Gasteiger partial charge in [0.2, 0.25) is 5.91 Å². The molecule has 3 unspecified atom stereocenters. The molecular weight excluding hydrogens is 448 g/mol. The number of Topliss-reactive ketones (excluding diaryl/α,β-unsaturated/α-hetero) is 1. The van der Waals surface area contributed by atoms with E-state index in [1.54, 1.807) is 17.0 Å². The summed E-state index contributed by atoms with van der Waals surface area (Å²) in [4.78, 5) is 41.1. The summed E-state index contributed by atoms with van der Waals surface area (Å²) in [5, 5.41) is 4.51. The second-order valence-corrected chi connectivity index (χ2v) is 9.61. The summed E-state index contributed by atoms with van der Waals surface area (Å²) in [7, 11) is 0. The van der Waals surface area contributed by atoms with E-state index in [0.717, 1.165) is 15.6 Å². The molecule has 3 aromatic rings. The molecule has 0 saturated carbocycles. The lowest BCUT2D eigenvalue weighted by Gasteiger charge is -2.27. The zero-order valence-corrected chi connectivity index (χ0v) is 18.7. The average Bonchev–Trinajstić information content (AvgIpc) is 3.50. The Bertz CT molecular complexity index is 1160. The quantitative estimate of drug-likeness (QED) is 0.622. The number of rotatable bonds is 5. The molecule has 3 atom stereocenters. The Kier molecular flexibility index (Phi) is 5.71. The molecule has 0 aliphatic carbocycles. The van der Waals surface area contributed by atoms with Gasteiger partial charge < -0.3 is 15.0 Å². The van der Waals surface area contributed by atoms with E-state index in [1.165, 1.54) is 11.3 Å². The predicted molar refractivity (Wildman–Crippen MR) is 123 cm³/mol. The topological polar surface area (TPSA) is 75.7 Å². The van der Waals surface area contributed by atoms with Crippen LogP contribution in [0.3, 0.4) is 0 Å². The van der Waals surface area contributed by atoms with Crippen LogP contribution in [-0.2, 0) is 20.7 Å². The number of halogens is 1. The minimum atomic E-state index is -0.805. The zero-order valence-electron chi connectivity index (χ0n) is 17.1. The first-order valence-corrected chi connectivity index (χ1v) is 11.7. The third-order valence-corrected chi connectivity index (χ3v) is 7.37. The summed E-state index contributed by atoms with van der Waals surface area (Å²) in [5.74, 6) is -0.647. The van der Waals surface area contributed by atoms with E-state index in [-0.39, 0.29) is 30.3 Å². The monoisotopic (exact) mass is 468 g/mol. The Morgan fingerprint density at radius 2 is 1.97 bits per heavy atom. The summed E-state index contributed by atoms with van der Waals surface area (Å²) >= 11 is 7.39. The van der Waals surface area contributed by atoms with Crippen molar-refractivity contribution in [2.45, 2.75) is 31.0 Å². The second kappa shape index (κ2) is 8.65. The van der Waals surface area contributed by atoms with E-state index >= 15 is 0 Å². The van der Waals surface area contributed by atoms with Crippen molar-refractivity contribution in [2.75, 3.05) is 13.2 Å². The molecule has 3 heterocycles. The van der Waals surface area contributed by atoms with Crippen LogP contribution in [0.1, 0.15) is 21.7 Å². The van der Waals surface area contributed by atoms with Crippen LogP contribution in [0.2, 0.25) is 5.02 Å². The van der Waals surface area contributed by atoms with Crippen LogP contribution in [0.15, 0.2) is 54.6 Å². The number of nitrogens with zero attached hydrogens (tertiary/aromatic N) is 1. The normalized spacial score (nSPS) is 21.0. The van der Waals surface area contributed by atoms with Crippen LogP contribution < -0.4 is 5.32 Å². The van der Waals surface area contributed by atoms with Gasteiger partial charge in [0.1, 0.15) is 18.7 Å². The number of likely N-dealkylation sites (tertiary alicyclic amines) is 1. The molecule has 0 radical (unpaired) electrons. The van der Waals surface area contributed by atoms with Crippen molar-refractivity contribution < 1.29 is 19.1 Å². The third-order valence-electron chi connectivity index (χ3n) is 6.00. The Morgan fingerprint density at radius 3 is 2.75 bits per heavy atom. The van der Waals surface area contributed by atoms with Gasteiger partial charge in [-0.3, -0.25) is 14.4 Å². The van der Waals surface area contributed by atoms with Crippen molar-refractivity contribution in [2.24, 2.45) is 0 Å². The van der Waals surface area contributed by atoms with E-state index in [0.29, 0.717) is 29.3 Å². The van der Waals surface area contributed by atoms with E-state index in [1.807, 2.05) is 42.5 Å². The van der Waals surface area contributed by atoms with Crippen LogP contribution in [0.5, 0.6) is 0 Å². The number of hydrogen-bond donors (Lipinski definition) is 1. The van der Waals surface area contributed by atoms with Crippen molar-refractivity contribution in [1.82, 2.24) is 10.2 Å². The summed E-state index contributed by atoms with van der Waals surface area (Å²) < 4.78 is 6.53. The maximum atomic E-state index is 13.5. The summed E-state index contributed by atoms with van der Waals surface area (Å²) in [5.41, 5.74) is 0.870. The molecule has 5 rings (SSSR count). The van der Waals surface area contributed by atoms with Gasteiger partial charge in [0.05, 0.1) is 11.0 Å². The first kappa shape index (κ1) is 21.1. The molecule has 1 N–H and O–H groups in total. The maximum Gasteiger partial charge on any atom is 0.262 e. The minimum Gasteiger partial charge on any atom is -0.368 e. The highest BCUT2D eigenvalue weighted by Crippen LogP contribution is 2.29. The van der Waals surface area contributed by atoms with Gasteiger partial charge in [-0.1, -0.05) is 41.9 Å².